The van der Waals surface area contributed by atoms with E-state index in [-0.39, 0.29) is 5.91 Å². The summed E-state index contributed by atoms with van der Waals surface area (Å²) < 4.78 is 0. The summed E-state index contributed by atoms with van der Waals surface area (Å²) in [5.74, 6) is 0.900. The lowest BCUT2D eigenvalue weighted by molar-refractivity contribution is -0.121. The fraction of sp³-hybridized carbons (Fsp3) is 0.524. The number of pyridine rings is 1. The summed E-state index contributed by atoms with van der Waals surface area (Å²) in [5, 5.41) is 5.63. The van der Waals surface area contributed by atoms with E-state index in [1.165, 1.54) is 42.0 Å². The number of nitrogens with zero attached hydrogens (tertiary/aromatic N) is 2. The second-order valence-electron chi connectivity index (χ2n) is 7.64. The highest BCUT2D eigenvalue weighted by molar-refractivity contribution is 5.84. The molecule has 1 atom stereocenters. The zero-order chi connectivity index (χ0) is 17.1. The number of nitrogens with one attached hydrogen (secondary N) is 1. The van der Waals surface area contributed by atoms with E-state index in [1.54, 1.807) is 0 Å². The van der Waals surface area contributed by atoms with E-state index in [2.05, 4.69) is 39.5 Å². The largest absolute Gasteiger partial charge is 0.353 e. The normalized spacial score (nSPS) is 21.4. The summed E-state index contributed by atoms with van der Waals surface area (Å²) in [7, 11) is 0. The summed E-state index contributed by atoms with van der Waals surface area (Å²) >= 11 is 0. The molecule has 2 heterocycles. The highest BCUT2D eigenvalue weighted by atomic mass is 16.1. The van der Waals surface area contributed by atoms with Crippen LogP contribution in [0.1, 0.15) is 44.1 Å². The number of piperidine rings is 1. The Morgan fingerprint density at radius 3 is 3.04 bits per heavy atom. The SMILES string of the molecule is O=C(CCC1CCCN(Cc2cccc3cnccc23)C1)NC1CC1. The van der Waals surface area contributed by atoms with Gasteiger partial charge in [0.05, 0.1) is 0 Å². The monoisotopic (exact) mass is 337 g/mol. The molecule has 1 unspecified atom stereocenters. The molecule has 0 spiro atoms. The molecule has 2 aromatic rings. The number of likely N-dealkylation sites (tertiary alicyclic amines) is 1. The maximum absolute atomic E-state index is 11.9. The second-order valence-corrected chi connectivity index (χ2v) is 7.64. The van der Waals surface area contributed by atoms with Gasteiger partial charge in [0.2, 0.25) is 5.91 Å². The number of benzene rings is 1. The Morgan fingerprint density at radius 1 is 1.24 bits per heavy atom. The number of carbonyl (C=O) groups is 1. The van der Waals surface area contributed by atoms with Gasteiger partial charge in [-0.05, 0) is 61.6 Å². The number of rotatable bonds is 6. The Balaban J connectivity index is 1.33. The van der Waals surface area contributed by atoms with Gasteiger partial charge in [-0.2, -0.15) is 0 Å². The average Bonchev–Trinajstić information content (AvgIpc) is 3.45. The molecule has 0 bridgehead atoms. The third-order valence-electron chi connectivity index (χ3n) is 5.49. The van der Waals surface area contributed by atoms with Crippen LogP contribution in [0.3, 0.4) is 0 Å². The molecule has 4 nitrogen and oxygen atoms in total. The third kappa shape index (κ3) is 4.37. The van der Waals surface area contributed by atoms with Crippen LogP contribution in [0.4, 0.5) is 0 Å². The van der Waals surface area contributed by atoms with Crippen molar-refractivity contribution in [2.45, 2.75) is 51.1 Å². The highest BCUT2D eigenvalue weighted by Crippen LogP contribution is 2.25. The first-order chi connectivity index (χ1) is 12.3. The minimum Gasteiger partial charge on any atom is -0.353 e. The van der Waals surface area contributed by atoms with Gasteiger partial charge in [-0.1, -0.05) is 18.2 Å². The van der Waals surface area contributed by atoms with Gasteiger partial charge in [-0.15, -0.1) is 0 Å². The number of hydrogen-bond donors (Lipinski definition) is 1. The van der Waals surface area contributed by atoms with Crippen molar-refractivity contribution < 1.29 is 4.79 Å². The Labute approximate surface area is 149 Å². The van der Waals surface area contributed by atoms with Crippen molar-refractivity contribution in [3.8, 4) is 0 Å². The Kier molecular flexibility index (Phi) is 4.97. The average molecular weight is 337 g/mol. The van der Waals surface area contributed by atoms with E-state index in [9.17, 15) is 4.79 Å². The van der Waals surface area contributed by atoms with Crippen LogP contribution >= 0.6 is 0 Å². The number of amides is 1. The van der Waals surface area contributed by atoms with Crippen molar-refractivity contribution in [2.75, 3.05) is 13.1 Å². The molecule has 1 aliphatic heterocycles. The summed E-state index contributed by atoms with van der Waals surface area (Å²) in [5.41, 5.74) is 1.38. The zero-order valence-corrected chi connectivity index (χ0v) is 14.8. The first-order valence-electron chi connectivity index (χ1n) is 9.61. The van der Waals surface area contributed by atoms with Gasteiger partial charge in [-0.3, -0.25) is 14.7 Å². The zero-order valence-electron chi connectivity index (χ0n) is 14.8. The predicted octanol–water partition coefficient (Wildman–Crippen LogP) is 3.51. The number of fused-ring (bicyclic) bond motifs is 1. The fourth-order valence-corrected chi connectivity index (χ4v) is 3.96. The Bertz CT molecular complexity index is 736. The summed E-state index contributed by atoms with van der Waals surface area (Å²) in [4.78, 5) is 18.7. The van der Waals surface area contributed by atoms with Crippen molar-refractivity contribution >= 4 is 16.7 Å². The van der Waals surface area contributed by atoms with Crippen LogP contribution in [0.5, 0.6) is 0 Å². The van der Waals surface area contributed by atoms with Crippen molar-refractivity contribution in [1.82, 2.24) is 15.2 Å². The van der Waals surface area contributed by atoms with Gasteiger partial charge in [-0.25, -0.2) is 0 Å². The quantitative estimate of drug-likeness (QED) is 0.877. The third-order valence-corrected chi connectivity index (χ3v) is 5.49. The molecule has 1 aromatic heterocycles. The minimum absolute atomic E-state index is 0.251. The lowest BCUT2D eigenvalue weighted by Gasteiger charge is -2.33. The summed E-state index contributed by atoms with van der Waals surface area (Å²) in [6.45, 7) is 3.26. The molecule has 0 radical (unpaired) electrons. The van der Waals surface area contributed by atoms with Crippen LogP contribution in [-0.4, -0.2) is 34.9 Å². The first-order valence-corrected chi connectivity index (χ1v) is 9.61. The summed E-state index contributed by atoms with van der Waals surface area (Å²) in [6, 6.07) is 9.09. The molecule has 1 saturated carbocycles. The van der Waals surface area contributed by atoms with E-state index in [0.717, 1.165) is 26.1 Å². The maximum Gasteiger partial charge on any atom is 0.220 e. The molecule has 4 heteroatoms. The van der Waals surface area contributed by atoms with E-state index in [0.29, 0.717) is 18.4 Å². The summed E-state index contributed by atoms with van der Waals surface area (Å²) in [6.07, 6.45) is 10.4. The molecule has 1 N–H and O–H groups in total. The molecular weight excluding hydrogens is 310 g/mol. The van der Waals surface area contributed by atoms with Gasteiger partial charge < -0.3 is 5.32 Å². The van der Waals surface area contributed by atoms with Gasteiger partial charge >= 0.3 is 0 Å². The van der Waals surface area contributed by atoms with E-state index in [1.807, 2.05) is 12.4 Å². The molecule has 1 aromatic carbocycles. The smallest absolute Gasteiger partial charge is 0.220 e. The molecule has 25 heavy (non-hydrogen) atoms. The first kappa shape index (κ1) is 16.5. The maximum atomic E-state index is 11.9. The standard InChI is InChI=1S/C21H27N3O/c25-21(23-19-7-8-19)9-6-16-3-2-12-24(14-16)15-18-5-1-4-17-13-22-11-10-20(17)18/h1,4-5,10-11,13,16,19H,2-3,6-9,12,14-15H2,(H,23,25). The van der Waals surface area contributed by atoms with Crippen LogP contribution in [0.25, 0.3) is 10.8 Å². The van der Waals surface area contributed by atoms with Crippen molar-refractivity contribution in [3.63, 3.8) is 0 Å². The van der Waals surface area contributed by atoms with Crippen LogP contribution in [0.2, 0.25) is 0 Å². The van der Waals surface area contributed by atoms with Gasteiger partial charge in [0.15, 0.2) is 0 Å². The second kappa shape index (κ2) is 7.52. The topological polar surface area (TPSA) is 45.2 Å². The number of hydrogen-bond acceptors (Lipinski definition) is 3. The molecule has 4 rings (SSSR count). The lowest BCUT2D eigenvalue weighted by atomic mass is 9.92. The fourth-order valence-electron chi connectivity index (χ4n) is 3.96. The van der Waals surface area contributed by atoms with Crippen LogP contribution in [0, 0.1) is 5.92 Å². The van der Waals surface area contributed by atoms with Crippen LogP contribution in [-0.2, 0) is 11.3 Å². The van der Waals surface area contributed by atoms with Crippen LogP contribution < -0.4 is 5.32 Å². The van der Waals surface area contributed by atoms with E-state index >= 15 is 0 Å². The molecule has 2 fully saturated rings. The molecule has 2 aliphatic rings. The van der Waals surface area contributed by atoms with Gasteiger partial charge in [0, 0.05) is 43.3 Å². The van der Waals surface area contributed by atoms with E-state index < -0.39 is 0 Å². The highest BCUT2D eigenvalue weighted by Gasteiger charge is 2.25. The predicted molar refractivity (Wildman–Crippen MR) is 100 cm³/mol. The minimum atomic E-state index is 0.251. The lowest BCUT2D eigenvalue weighted by Crippen LogP contribution is -2.35. The van der Waals surface area contributed by atoms with E-state index in [4.69, 9.17) is 0 Å². The Morgan fingerprint density at radius 2 is 2.16 bits per heavy atom. The molecule has 1 amide bonds. The molecule has 1 aliphatic carbocycles. The molecule has 1 saturated heterocycles. The Hall–Kier alpha value is -1.94. The van der Waals surface area contributed by atoms with Gasteiger partial charge in [0.1, 0.15) is 0 Å². The van der Waals surface area contributed by atoms with Crippen LogP contribution in [0.15, 0.2) is 36.7 Å². The van der Waals surface area contributed by atoms with Crippen molar-refractivity contribution in [3.05, 3.63) is 42.2 Å². The van der Waals surface area contributed by atoms with Crippen molar-refractivity contribution in [1.29, 1.82) is 0 Å². The number of carbonyl (C=O) groups excluding carboxylic acids is 1. The number of aromatic nitrogens is 1. The molecular formula is C21H27N3O. The molecule has 132 valence electrons. The van der Waals surface area contributed by atoms with Gasteiger partial charge in [0.25, 0.3) is 0 Å². The van der Waals surface area contributed by atoms with Crippen molar-refractivity contribution in [2.24, 2.45) is 5.92 Å².